The molecule has 0 unspecified atom stereocenters. The Hall–Kier alpha value is -2.69. The summed E-state index contributed by atoms with van der Waals surface area (Å²) in [6, 6.07) is 10.9. The lowest BCUT2D eigenvalue weighted by Crippen LogP contribution is -2.22. The van der Waals surface area contributed by atoms with E-state index in [0.717, 1.165) is 15.8 Å². The maximum Gasteiger partial charge on any atom is 0.279 e. The zero-order valence-corrected chi connectivity index (χ0v) is 16.5. The number of nitro groups is 1. The number of hydrogen-bond acceptors (Lipinski definition) is 6. The lowest BCUT2D eigenvalue weighted by molar-refractivity contribution is -0.384. The highest BCUT2D eigenvalue weighted by Crippen LogP contribution is 2.35. The third-order valence-electron chi connectivity index (χ3n) is 4.00. The summed E-state index contributed by atoms with van der Waals surface area (Å²) in [5.74, 6) is -0.657. The first kappa shape index (κ1) is 17.7. The van der Waals surface area contributed by atoms with Gasteiger partial charge in [-0.2, -0.15) is 0 Å². The minimum atomic E-state index is -0.509. The van der Waals surface area contributed by atoms with Gasteiger partial charge in [-0.05, 0) is 42.5 Å². The highest BCUT2D eigenvalue weighted by molar-refractivity contribution is 9.10. The van der Waals surface area contributed by atoms with E-state index >= 15 is 0 Å². The number of carbonyl (C=O) groups is 1. The maximum absolute atomic E-state index is 12.4. The second kappa shape index (κ2) is 6.48. The average molecular weight is 462 g/mol. The van der Waals surface area contributed by atoms with Gasteiger partial charge in [-0.15, -0.1) is 11.3 Å². The Labute approximate surface area is 168 Å². The van der Waals surface area contributed by atoms with Crippen molar-refractivity contribution < 1.29 is 14.8 Å². The number of hydrogen-bond donors (Lipinski definition) is 1. The molecule has 1 N–H and O–H groups in total. The van der Waals surface area contributed by atoms with Gasteiger partial charge in [0.25, 0.3) is 11.6 Å². The third kappa shape index (κ3) is 2.91. The number of carbonyl (C=O) groups excluding carboxylic acids is 1. The number of non-ortho nitro benzene ring substituents is 1. The van der Waals surface area contributed by atoms with Crippen molar-refractivity contribution in [2.75, 3.05) is 0 Å². The highest BCUT2D eigenvalue weighted by atomic mass is 79.9. The van der Waals surface area contributed by atoms with E-state index in [0.29, 0.717) is 25.1 Å². The molecule has 27 heavy (non-hydrogen) atoms. The first-order valence-electron chi connectivity index (χ1n) is 7.50. The van der Waals surface area contributed by atoms with Gasteiger partial charge in [-0.1, -0.05) is 15.9 Å². The summed E-state index contributed by atoms with van der Waals surface area (Å²) in [5, 5.41) is 22.7. The Balaban J connectivity index is 1.93. The van der Waals surface area contributed by atoms with Gasteiger partial charge in [0.2, 0.25) is 5.88 Å². The molecule has 0 aliphatic carbocycles. The van der Waals surface area contributed by atoms with Crippen molar-refractivity contribution in [2.24, 2.45) is 4.99 Å². The molecule has 0 radical (unpaired) electrons. The predicted octanol–water partition coefficient (Wildman–Crippen LogP) is 3.00. The first-order chi connectivity index (χ1) is 12.9. The number of nitro benzene ring substituents is 1. The monoisotopic (exact) mass is 461 g/mol. The molecule has 0 atom stereocenters. The summed E-state index contributed by atoms with van der Waals surface area (Å²) in [5.41, 5.74) is 0.668. The molecule has 0 bridgehead atoms. The van der Waals surface area contributed by atoms with Gasteiger partial charge in [0.1, 0.15) is 4.88 Å². The fraction of sp³-hybridized carbons (Fsp3) is 0. The topological polar surface area (TPSA) is 97.7 Å². The lowest BCUT2D eigenvalue weighted by atomic mass is 10.1. The fourth-order valence-corrected chi connectivity index (χ4v) is 4.53. The molecular weight excluding hydrogens is 454 g/mol. The molecule has 1 aliphatic rings. The van der Waals surface area contributed by atoms with E-state index in [1.807, 2.05) is 0 Å². The van der Waals surface area contributed by atoms with Crippen LogP contribution in [0.5, 0.6) is 5.88 Å². The molecule has 2 aromatic carbocycles. The van der Waals surface area contributed by atoms with Crippen molar-refractivity contribution in [1.82, 2.24) is 4.57 Å². The van der Waals surface area contributed by atoms with Gasteiger partial charge in [0, 0.05) is 21.8 Å². The minimum absolute atomic E-state index is 0.0712. The molecule has 0 saturated carbocycles. The number of amides is 1. The van der Waals surface area contributed by atoms with Gasteiger partial charge in [0.05, 0.1) is 21.5 Å². The van der Waals surface area contributed by atoms with Crippen molar-refractivity contribution in [3.8, 4) is 11.6 Å². The third-order valence-corrected chi connectivity index (χ3v) is 5.87. The molecule has 10 heteroatoms. The van der Waals surface area contributed by atoms with E-state index in [1.165, 1.54) is 28.8 Å². The number of aromatic nitrogens is 1. The van der Waals surface area contributed by atoms with Crippen molar-refractivity contribution in [3.05, 3.63) is 76.5 Å². The summed E-state index contributed by atoms with van der Waals surface area (Å²) in [6.07, 6.45) is 0. The summed E-state index contributed by atoms with van der Waals surface area (Å²) >= 11 is 9.80. The number of nitrogens with zero attached hydrogens (tertiary/aromatic N) is 3. The Morgan fingerprint density at radius 3 is 2.59 bits per heavy atom. The Morgan fingerprint density at radius 2 is 1.93 bits per heavy atom. The molecular formula is C17H8BrN3O4S2. The van der Waals surface area contributed by atoms with Crippen LogP contribution in [0.3, 0.4) is 0 Å². The minimum Gasteiger partial charge on any atom is -0.493 e. The SMILES string of the molecule is O=C1N=c2ccc(Br)cc2=C1c1sc(=S)n(-c2ccc([N+](=O)[O-])cc2)c1O. The quantitative estimate of drug-likeness (QED) is 0.367. The van der Waals surface area contributed by atoms with Gasteiger partial charge < -0.3 is 5.11 Å². The largest absolute Gasteiger partial charge is 0.493 e. The second-order valence-electron chi connectivity index (χ2n) is 5.58. The number of aromatic hydroxyl groups is 1. The number of rotatable bonds is 3. The lowest BCUT2D eigenvalue weighted by Gasteiger charge is -2.05. The van der Waals surface area contributed by atoms with Crippen LogP contribution in [0.15, 0.2) is 51.9 Å². The van der Waals surface area contributed by atoms with Crippen LogP contribution < -0.4 is 10.6 Å². The van der Waals surface area contributed by atoms with E-state index < -0.39 is 10.8 Å². The molecule has 1 aromatic heterocycles. The zero-order valence-electron chi connectivity index (χ0n) is 13.2. The summed E-state index contributed by atoms with van der Waals surface area (Å²) in [4.78, 5) is 27.1. The number of halogens is 1. The van der Waals surface area contributed by atoms with Crippen LogP contribution in [0, 0.1) is 14.1 Å². The van der Waals surface area contributed by atoms with Crippen LogP contribution >= 0.6 is 39.5 Å². The van der Waals surface area contributed by atoms with E-state index in [2.05, 4.69) is 20.9 Å². The molecule has 0 fully saturated rings. The zero-order chi connectivity index (χ0) is 19.3. The van der Waals surface area contributed by atoms with Crippen molar-refractivity contribution in [2.45, 2.75) is 0 Å². The highest BCUT2D eigenvalue weighted by Gasteiger charge is 2.26. The van der Waals surface area contributed by atoms with Gasteiger partial charge in [0.15, 0.2) is 3.95 Å². The van der Waals surface area contributed by atoms with E-state index in [1.54, 1.807) is 18.2 Å². The normalized spacial score (nSPS) is 12.8. The molecule has 2 heterocycles. The molecule has 3 aromatic rings. The van der Waals surface area contributed by atoms with E-state index in [-0.39, 0.29) is 17.1 Å². The van der Waals surface area contributed by atoms with E-state index in [9.17, 15) is 20.0 Å². The number of benzene rings is 2. The standard InChI is InChI=1S/C17H8BrN3O4S2/c18-8-1-6-12-11(7-8)13(15(22)19-12)14-16(23)20(17(26)27-14)9-2-4-10(5-3-9)21(24)25/h1-7,23H. The molecule has 0 saturated heterocycles. The number of fused-ring (bicyclic) bond motifs is 1. The second-order valence-corrected chi connectivity index (χ2v) is 8.14. The maximum atomic E-state index is 12.4. The predicted molar refractivity (Wildman–Crippen MR) is 105 cm³/mol. The summed E-state index contributed by atoms with van der Waals surface area (Å²) < 4.78 is 2.46. The van der Waals surface area contributed by atoms with Gasteiger partial charge in [-0.25, -0.2) is 4.99 Å². The van der Waals surface area contributed by atoms with Crippen LogP contribution in [0.4, 0.5) is 5.69 Å². The summed E-state index contributed by atoms with van der Waals surface area (Å²) in [6.45, 7) is 0. The Bertz CT molecular complexity index is 1310. The van der Waals surface area contributed by atoms with Crippen LogP contribution in [0.25, 0.3) is 11.3 Å². The average Bonchev–Trinajstić information content (AvgIpc) is 3.09. The van der Waals surface area contributed by atoms with Gasteiger partial charge >= 0.3 is 0 Å². The van der Waals surface area contributed by atoms with Crippen LogP contribution in [-0.4, -0.2) is 20.5 Å². The Kier molecular flexibility index (Phi) is 4.25. The van der Waals surface area contributed by atoms with Gasteiger partial charge in [-0.3, -0.25) is 19.5 Å². The molecule has 1 amide bonds. The molecule has 134 valence electrons. The molecule has 1 aliphatic heterocycles. The van der Waals surface area contributed by atoms with E-state index in [4.69, 9.17) is 12.2 Å². The first-order valence-corrected chi connectivity index (χ1v) is 9.51. The van der Waals surface area contributed by atoms with Crippen LogP contribution in [0.1, 0.15) is 4.88 Å². The fourth-order valence-electron chi connectivity index (χ4n) is 2.79. The van der Waals surface area contributed by atoms with Crippen LogP contribution in [0.2, 0.25) is 0 Å². The molecule has 4 rings (SSSR count). The van der Waals surface area contributed by atoms with Crippen molar-refractivity contribution in [3.63, 3.8) is 0 Å². The van der Waals surface area contributed by atoms with Crippen LogP contribution in [-0.2, 0) is 4.79 Å². The summed E-state index contributed by atoms with van der Waals surface area (Å²) in [7, 11) is 0. The number of thiazole rings is 1. The Morgan fingerprint density at radius 1 is 1.22 bits per heavy atom. The molecule has 7 nitrogen and oxygen atoms in total. The molecule has 0 spiro atoms. The van der Waals surface area contributed by atoms with Crippen molar-refractivity contribution >= 4 is 56.7 Å². The van der Waals surface area contributed by atoms with Crippen molar-refractivity contribution in [1.29, 1.82) is 0 Å². The smallest absolute Gasteiger partial charge is 0.279 e.